The third-order valence-corrected chi connectivity index (χ3v) is 8.76. The maximum Gasteiger partial charge on any atom is 0.472 e. The second-order valence-corrected chi connectivity index (χ2v) is 14.0. The van der Waals surface area contributed by atoms with Crippen LogP contribution >= 0.6 is 7.82 Å². The number of carbonyl (C=O) groups excluding carboxylic acids is 2. The van der Waals surface area contributed by atoms with Crippen molar-refractivity contribution in [1.29, 1.82) is 0 Å². The molecule has 0 heterocycles. The number of phosphoric ester groups is 1. The molecule has 0 amide bonds. The van der Waals surface area contributed by atoms with E-state index in [0.29, 0.717) is 12.8 Å². The lowest BCUT2D eigenvalue weighted by molar-refractivity contribution is -0.161. The van der Waals surface area contributed by atoms with E-state index in [4.69, 9.17) is 18.5 Å². The summed E-state index contributed by atoms with van der Waals surface area (Å²) in [6, 6.07) is 0. The van der Waals surface area contributed by atoms with Gasteiger partial charge in [0, 0.05) is 12.8 Å². The van der Waals surface area contributed by atoms with Crippen LogP contribution in [0.4, 0.5) is 0 Å². The summed E-state index contributed by atoms with van der Waals surface area (Å²) in [5.74, 6) is -0.917. The molecule has 0 aromatic rings. The lowest BCUT2D eigenvalue weighted by Gasteiger charge is -2.19. The predicted octanol–water partition coefficient (Wildman–Crippen LogP) is 12.3. The Morgan fingerprint density at radius 1 is 0.538 bits per heavy atom. The van der Waals surface area contributed by atoms with Gasteiger partial charge in [-0.15, -0.1) is 0 Å². The maximum absolute atomic E-state index is 12.5. The minimum atomic E-state index is -4.30. The molecule has 0 saturated carbocycles. The number of esters is 2. The van der Waals surface area contributed by atoms with Gasteiger partial charge >= 0.3 is 19.8 Å². The molecule has 52 heavy (non-hydrogen) atoms. The molecule has 9 heteroatoms. The fourth-order valence-electron chi connectivity index (χ4n) is 4.82. The van der Waals surface area contributed by atoms with Crippen LogP contribution in [-0.2, 0) is 32.7 Å². The highest BCUT2D eigenvalue weighted by Gasteiger charge is 2.25. The summed E-state index contributed by atoms with van der Waals surface area (Å²) in [6.07, 6.45) is 48.0. The Kier molecular flexibility index (Phi) is 35.9. The van der Waals surface area contributed by atoms with Crippen LogP contribution in [0.2, 0.25) is 0 Å². The normalized spacial score (nSPS) is 14.3. The summed E-state index contributed by atoms with van der Waals surface area (Å²) in [5, 5.41) is 0. The van der Waals surface area contributed by atoms with Gasteiger partial charge in [0.25, 0.3) is 0 Å². The van der Waals surface area contributed by atoms with Crippen molar-refractivity contribution >= 4 is 19.8 Å². The number of carbonyl (C=O) groups is 2. The molecule has 0 aliphatic heterocycles. The van der Waals surface area contributed by atoms with Crippen molar-refractivity contribution < 1.29 is 37.6 Å². The van der Waals surface area contributed by atoms with E-state index >= 15 is 0 Å². The summed E-state index contributed by atoms with van der Waals surface area (Å²) < 4.78 is 32.4. The zero-order valence-corrected chi connectivity index (χ0v) is 33.6. The second kappa shape index (κ2) is 38.0. The number of rotatable bonds is 35. The molecule has 2 unspecified atom stereocenters. The quantitative estimate of drug-likeness (QED) is 0.0295. The maximum atomic E-state index is 12.5. The molecule has 0 bridgehead atoms. The van der Waals surface area contributed by atoms with Gasteiger partial charge in [-0.3, -0.25) is 18.6 Å². The van der Waals surface area contributed by atoms with Crippen LogP contribution in [0.1, 0.15) is 149 Å². The van der Waals surface area contributed by atoms with Gasteiger partial charge in [0.05, 0.1) is 13.2 Å². The summed E-state index contributed by atoms with van der Waals surface area (Å²) in [5.41, 5.74) is 0. The Bertz CT molecular complexity index is 1120. The van der Waals surface area contributed by atoms with E-state index in [1.165, 1.54) is 38.5 Å². The van der Waals surface area contributed by atoms with Crippen LogP contribution in [-0.4, -0.2) is 42.8 Å². The first-order valence-electron chi connectivity index (χ1n) is 19.9. The summed E-state index contributed by atoms with van der Waals surface area (Å²) in [6.45, 7) is 5.20. The standard InChI is InChI=1S/C43H71O8P/c1-4-7-9-11-13-15-17-19-20-21-22-23-24-26-27-29-31-33-35-37-42(44)48-39-41(40-50-52(46,47)49-6-3)51-43(45)38-36-34-32-30-28-25-18-16-14-12-10-8-5-2/h8,10,13-16,19-20,22-23,25,28,32,34,41H,4-7,9,11-12,17-18,21,24,26-27,29-31,33,35-40H2,1-3H3,(H,46,47)/b10-8-,15-13-,16-14-,20-19-,23-22-,28-25-,34-32-. The van der Waals surface area contributed by atoms with E-state index < -0.39 is 32.5 Å². The highest BCUT2D eigenvalue weighted by Crippen LogP contribution is 2.43. The van der Waals surface area contributed by atoms with Crippen LogP contribution in [0.15, 0.2) is 85.1 Å². The molecule has 0 rings (SSSR count). The first kappa shape index (κ1) is 49.2. The number of hydrogen-bond acceptors (Lipinski definition) is 7. The Balaban J connectivity index is 4.24. The van der Waals surface area contributed by atoms with E-state index in [2.05, 4.69) is 86.8 Å². The highest BCUT2D eigenvalue weighted by molar-refractivity contribution is 7.47. The van der Waals surface area contributed by atoms with Gasteiger partial charge in [0.2, 0.25) is 0 Å². The van der Waals surface area contributed by atoms with Crippen molar-refractivity contribution in [2.75, 3.05) is 19.8 Å². The minimum Gasteiger partial charge on any atom is -0.462 e. The molecular weight excluding hydrogens is 675 g/mol. The lowest BCUT2D eigenvalue weighted by atomic mass is 10.1. The molecule has 0 saturated heterocycles. The fourth-order valence-corrected chi connectivity index (χ4v) is 5.58. The number of allylic oxidation sites excluding steroid dienone is 14. The number of phosphoric acid groups is 1. The second-order valence-electron chi connectivity index (χ2n) is 12.6. The Morgan fingerprint density at radius 2 is 1.02 bits per heavy atom. The number of unbranched alkanes of at least 4 members (excludes halogenated alkanes) is 9. The first-order valence-corrected chi connectivity index (χ1v) is 21.4. The van der Waals surface area contributed by atoms with E-state index in [1.807, 2.05) is 12.2 Å². The summed E-state index contributed by atoms with van der Waals surface area (Å²) in [4.78, 5) is 34.6. The molecule has 0 radical (unpaired) electrons. The molecular formula is C43H71O8P. The predicted molar refractivity (Wildman–Crippen MR) is 216 cm³/mol. The van der Waals surface area contributed by atoms with Crippen LogP contribution in [0, 0.1) is 0 Å². The first-order chi connectivity index (χ1) is 25.3. The Hall–Kier alpha value is -2.77. The smallest absolute Gasteiger partial charge is 0.462 e. The van der Waals surface area contributed by atoms with Gasteiger partial charge in [-0.05, 0) is 84.0 Å². The van der Waals surface area contributed by atoms with Crippen molar-refractivity contribution in [3.05, 3.63) is 85.1 Å². The monoisotopic (exact) mass is 746 g/mol. The average molecular weight is 747 g/mol. The molecule has 2 atom stereocenters. The van der Waals surface area contributed by atoms with Gasteiger partial charge in [-0.1, -0.05) is 137 Å². The van der Waals surface area contributed by atoms with Gasteiger partial charge in [-0.2, -0.15) is 0 Å². The summed E-state index contributed by atoms with van der Waals surface area (Å²) >= 11 is 0. The minimum absolute atomic E-state index is 0.0191. The molecule has 8 nitrogen and oxygen atoms in total. The van der Waals surface area contributed by atoms with Crippen LogP contribution in [0.5, 0.6) is 0 Å². The van der Waals surface area contributed by atoms with E-state index in [-0.39, 0.29) is 26.1 Å². The van der Waals surface area contributed by atoms with Gasteiger partial charge < -0.3 is 14.4 Å². The molecule has 0 aliphatic carbocycles. The van der Waals surface area contributed by atoms with Crippen molar-refractivity contribution in [3.8, 4) is 0 Å². The lowest BCUT2D eigenvalue weighted by Crippen LogP contribution is -2.29. The molecule has 0 fully saturated rings. The topological polar surface area (TPSA) is 108 Å². The van der Waals surface area contributed by atoms with Crippen molar-refractivity contribution in [1.82, 2.24) is 0 Å². The van der Waals surface area contributed by atoms with Crippen LogP contribution in [0.3, 0.4) is 0 Å². The molecule has 0 aromatic carbocycles. The zero-order valence-electron chi connectivity index (χ0n) is 32.7. The molecule has 0 aromatic heterocycles. The average Bonchev–Trinajstić information content (AvgIpc) is 3.12. The number of hydrogen-bond donors (Lipinski definition) is 1. The van der Waals surface area contributed by atoms with Gasteiger partial charge in [0.15, 0.2) is 6.10 Å². The Labute approximate surface area is 316 Å². The summed E-state index contributed by atoms with van der Waals surface area (Å²) in [7, 11) is -4.30. The molecule has 0 aliphatic rings. The SMILES string of the molecule is CC/C=C\C/C=C\C/C=C\C/C=C\CCC(=O)OC(COC(=O)CCCCCCCC/C=C\C/C=C\C/C=C\CCCCC)COP(=O)(O)OCC. The third kappa shape index (κ3) is 37.0. The fraction of sp³-hybridized carbons (Fsp3) is 0.628. The van der Waals surface area contributed by atoms with Crippen molar-refractivity contribution in [3.63, 3.8) is 0 Å². The van der Waals surface area contributed by atoms with E-state index in [0.717, 1.165) is 64.2 Å². The van der Waals surface area contributed by atoms with Crippen LogP contribution < -0.4 is 0 Å². The highest BCUT2D eigenvalue weighted by atomic mass is 31.2. The van der Waals surface area contributed by atoms with Gasteiger partial charge in [-0.25, -0.2) is 4.57 Å². The zero-order chi connectivity index (χ0) is 38.2. The number of ether oxygens (including phenoxy) is 2. The molecule has 296 valence electrons. The third-order valence-electron chi connectivity index (χ3n) is 7.70. The van der Waals surface area contributed by atoms with Crippen LogP contribution in [0.25, 0.3) is 0 Å². The van der Waals surface area contributed by atoms with E-state index in [1.54, 1.807) is 6.92 Å². The largest absolute Gasteiger partial charge is 0.472 e. The molecule has 1 N–H and O–H groups in total. The van der Waals surface area contributed by atoms with Crippen molar-refractivity contribution in [2.24, 2.45) is 0 Å². The van der Waals surface area contributed by atoms with Crippen molar-refractivity contribution in [2.45, 2.75) is 155 Å². The van der Waals surface area contributed by atoms with E-state index in [9.17, 15) is 19.0 Å². The molecule has 0 spiro atoms. The van der Waals surface area contributed by atoms with Gasteiger partial charge in [0.1, 0.15) is 6.61 Å². The Morgan fingerprint density at radius 3 is 1.56 bits per heavy atom.